The summed E-state index contributed by atoms with van der Waals surface area (Å²) in [7, 11) is 5.99. The Kier molecular flexibility index (Phi) is 67.9. The molecule has 0 saturated carbocycles. The number of ether oxygens (including phenoxy) is 4. The van der Waals surface area contributed by atoms with E-state index in [-0.39, 0.29) is 38.2 Å². The van der Waals surface area contributed by atoms with Gasteiger partial charge in [0.2, 0.25) is 0 Å². The second-order valence-corrected chi connectivity index (χ2v) is 27.7. The summed E-state index contributed by atoms with van der Waals surface area (Å²) in [6, 6.07) is 0. The molecule has 0 aromatic rings. The van der Waals surface area contributed by atoms with Crippen LogP contribution in [0.15, 0.2) is 24.3 Å². The summed E-state index contributed by atoms with van der Waals surface area (Å²) in [6.07, 6.45) is 84.8. The quantitative estimate of drug-likeness (QED) is 0.0211. The van der Waals surface area contributed by atoms with E-state index in [2.05, 4.69) is 38.2 Å². The number of esters is 2. The lowest BCUT2D eigenvalue weighted by atomic mass is 10.0. The minimum Gasteiger partial charge on any atom is -0.477 e. The largest absolute Gasteiger partial charge is 0.477 e. The molecule has 0 amide bonds. The first kappa shape index (κ1) is 84.8. The number of nitrogens with zero attached hydrogens (tertiary/aromatic N) is 1. The summed E-state index contributed by atoms with van der Waals surface area (Å²) in [5, 5.41) is 9.75. The zero-order chi connectivity index (χ0) is 63.3. The van der Waals surface area contributed by atoms with E-state index in [0.29, 0.717) is 17.4 Å². The zero-order valence-corrected chi connectivity index (χ0v) is 59.0. The molecule has 514 valence electrons. The molecule has 2 atom stereocenters. The second kappa shape index (κ2) is 69.7. The Morgan fingerprint density at radius 3 is 0.851 bits per heavy atom. The first-order valence-electron chi connectivity index (χ1n) is 38.5. The molecule has 0 spiro atoms. The van der Waals surface area contributed by atoms with E-state index in [1.807, 2.05) is 21.1 Å². The van der Waals surface area contributed by atoms with Gasteiger partial charge in [-0.2, -0.15) is 0 Å². The fraction of sp³-hybridized carbons (Fsp3) is 0.910. The molecule has 9 heteroatoms. The lowest BCUT2D eigenvalue weighted by Crippen LogP contribution is -2.40. The highest BCUT2D eigenvalue weighted by Gasteiger charge is 2.25. The highest BCUT2D eigenvalue weighted by atomic mass is 16.7. The monoisotopic (exact) mass is 1230 g/mol. The Morgan fingerprint density at radius 1 is 0.333 bits per heavy atom. The Balaban J connectivity index is 3.92. The second-order valence-electron chi connectivity index (χ2n) is 27.7. The Morgan fingerprint density at radius 2 is 0.586 bits per heavy atom. The minimum atomic E-state index is -1.51. The van der Waals surface area contributed by atoms with Crippen LogP contribution in [0.2, 0.25) is 0 Å². The number of carbonyl (C=O) groups is 3. The van der Waals surface area contributed by atoms with Gasteiger partial charge in [0.05, 0.1) is 34.4 Å². The summed E-state index contributed by atoms with van der Waals surface area (Å²) in [5.41, 5.74) is 0. The van der Waals surface area contributed by atoms with Crippen LogP contribution in [0, 0.1) is 0 Å². The number of quaternary nitrogens is 1. The number of hydrogen-bond acceptors (Lipinski definition) is 7. The van der Waals surface area contributed by atoms with Crippen LogP contribution >= 0.6 is 0 Å². The average molecular weight is 1230 g/mol. The van der Waals surface area contributed by atoms with E-state index in [1.54, 1.807) is 0 Å². The van der Waals surface area contributed by atoms with Gasteiger partial charge in [0.15, 0.2) is 6.10 Å². The third-order valence-electron chi connectivity index (χ3n) is 17.7. The number of unbranched alkanes of at least 4 members (excludes halogenated alkanes) is 54. The zero-order valence-electron chi connectivity index (χ0n) is 59.0. The highest BCUT2D eigenvalue weighted by Crippen LogP contribution is 2.19. The Hall–Kier alpha value is -2.23. The molecule has 87 heavy (non-hydrogen) atoms. The third kappa shape index (κ3) is 71.1. The van der Waals surface area contributed by atoms with Gasteiger partial charge >= 0.3 is 17.9 Å². The molecule has 0 aromatic heterocycles. The predicted molar refractivity (Wildman–Crippen MR) is 374 cm³/mol. The predicted octanol–water partition coefficient (Wildman–Crippen LogP) is 24.1. The summed E-state index contributed by atoms with van der Waals surface area (Å²) in [6.45, 7) is 4.95. The smallest absolute Gasteiger partial charge is 0.361 e. The van der Waals surface area contributed by atoms with E-state index in [9.17, 15) is 19.5 Å². The van der Waals surface area contributed by atoms with Crippen LogP contribution in [0.25, 0.3) is 0 Å². The number of carboxylic acids is 1. The van der Waals surface area contributed by atoms with E-state index < -0.39 is 18.4 Å². The van der Waals surface area contributed by atoms with Gasteiger partial charge < -0.3 is 28.5 Å². The lowest BCUT2D eigenvalue weighted by Gasteiger charge is -2.25. The molecule has 0 aliphatic heterocycles. The van der Waals surface area contributed by atoms with Crippen LogP contribution < -0.4 is 0 Å². The number of aliphatic carboxylic acids is 1. The van der Waals surface area contributed by atoms with Crippen molar-refractivity contribution < 1.29 is 42.9 Å². The molecule has 0 radical (unpaired) electrons. The first-order valence-corrected chi connectivity index (χ1v) is 38.5. The van der Waals surface area contributed by atoms with Crippen molar-refractivity contribution in [2.75, 3.05) is 47.5 Å². The molecule has 0 saturated heterocycles. The van der Waals surface area contributed by atoms with Gasteiger partial charge in [-0.15, -0.1) is 0 Å². The number of carbonyl (C=O) groups excluding carboxylic acids is 2. The van der Waals surface area contributed by atoms with Gasteiger partial charge in [0.1, 0.15) is 13.2 Å². The van der Waals surface area contributed by atoms with E-state index in [4.69, 9.17) is 18.9 Å². The van der Waals surface area contributed by atoms with Crippen molar-refractivity contribution in [3.8, 4) is 0 Å². The number of hydrogen-bond donors (Lipinski definition) is 1. The van der Waals surface area contributed by atoms with Crippen LogP contribution in [-0.2, 0) is 33.3 Å². The third-order valence-corrected chi connectivity index (χ3v) is 17.7. The van der Waals surface area contributed by atoms with Crippen molar-refractivity contribution in [2.45, 2.75) is 411 Å². The summed E-state index contributed by atoms with van der Waals surface area (Å²) >= 11 is 0. The minimum absolute atomic E-state index is 0.177. The maximum Gasteiger partial charge on any atom is 0.361 e. The Bertz CT molecular complexity index is 1480. The van der Waals surface area contributed by atoms with Crippen LogP contribution in [0.3, 0.4) is 0 Å². The lowest BCUT2D eigenvalue weighted by molar-refractivity contribution is -0.870. The fourth-order valence-corrected chi connectivity index (χ4v) is 11.8. The van der Waals surface area contributed by atoms with Gasteiger partial charge in [-0.25, -0.2) is 4.79 Å². The summed E-state index contributed by atoms with van der Waals surface area (Å²) in [4.78, 5) is 37.6. The van der Waals surface area contributed by atoms with E-state index >= 15 is 0 Å². The molecule has 0 rings (SSSR count). The number of likely N-dealkylation sites (N-methyl/N-ethyl adjacent to an activating group) is 1. The molecule has 0 aromatic carbocycles. The SMILES string of the molecule is CCCCCCCCCC/C=C\CCCCCCCCCCCCCCCCCCCCCCCCCCCCCCCC(=O)OC(COC(=O)CCCCCCCCCCC/C=C\CCCCCCCCCC)COC(OCC[N+](C)(C)C)C(=O)O. The number of allylic oxidation sites excluding steroid dienone is 4. The summed E-state index contributed by atoms with van der Waals surface area (Å²) < 4.78 is 23.0. The highest BCUT2D eigenvalue weighted by molar-refractivity contribution is 5.71. The fourth-order valence-electron chi connectivity index (χ4n) is 11.8. The maximum atomic E-state index is 13.0. The molecule has 0 aliphatic rings. The molecule has 0 heterocycles. The molecule has 1 N–H and O–H groups in total. The van der Waals surface area contributed by atoms with Gasteiger partial charge in [0.25, 0.3) is 6.29 Å². The van der Waals surface area contributed by atoms with Crippen molar-refractivity contribution in [1.29, 1.82) is 0 Å². The molecular formula is C78H150NO8+. The van der Waals surface area contributed by atoms with Crippen molar-refractivity contribution in [3.63, 3.8) is 0 Å². The maximum absolute atomic E-state index is 13.0. The molecule has 9 nitrogen and oxygen atoms in total. The van der Waals surface area contributed by atoms with Gasteiger partial charge in [0, 0.05) is 12.8 Å². The summed E-state index contributed by atoms with van der Waals surface area (Å²) in [5.74, 6) is -1.98. The molecule has 0 bridgehead atoms. The van der Waals surface area contributed by atoms with Crippen molar-refractivity contribution >= 4 is 17.9 Å². The van der Waals surface area contributed by atoms with Crippen molar-refractivity contribution in [2.24, 2.45) is 0 Å². The van der Waals surface area contributed by atoms with E-state index in [1.165, 1.54) is 334 Å². The molecule has 0 fully saturated rings. The van der Waals surface area contributed by atoms with Crippen LogP contribution in [-0.4, -0.2) is 87.4 Å². The van der Waals surface area contributed by atoms with Crippen LogP contribution in [0.4, 0.5) is 0 Å². The topological polar surface area (TPSA) is 108 Å². The number of carboxylic acid groups (broad SMARTS) is 1. The van der Waals surface area contributed by atoms with Crippen LogP contribution in [0.5, 0.6) is 0 Å². The van der Waals surface area contributed by atoms with Gasteiger partial charge in [-0.1, -0.05) is 346 Å². The normalized spacial score (nSPS) is 12.7. The Labute approximate surface area is 541 Å². The standard InChI is InChI=1S/C78H149NO8/c1-6-8-10-12-14-16-18-20-22-24-26-28-29-30-31-32-33-34-35-36-37-38-39-40-41-42-43-44-45-46-47-49-51-53-55-57-59-61-63-65-67-69-76(81)87-74(73-86-78(77(82)83)84-71-70-79(3,4)5)72-85-75(80)68-66-64-62-60-58-56-54-52-50-48-27-25-23-21-19-17-15-13-11-9-7-2/h24-27,74,78H,6-23,28-73H2,1-5H3/p+1/b26-24-,27-25-. The van der Waals surface area contributed by atoms with Crippen LogP contribution in [0.1, 0.15) is 399 Å². The van der Waals surface area contributed by atoms with Gasteiger partial charge in [-0.3, -0.25) is 9.59 Å². The first-order chi connectivity index (χ1) is 42.6. The molecule has 2 unspecified atom stereocenters. The molecular weight excluding hydrogens is 1080 g/mol. The number of rotatable bonds is 73. The van der Waals surface area contributed by atoms with Crippen molar-refractivity contribution in [1.82, 2.24) is 0 Å². The van der Waals surface area contributed by atoms with Gasteiger partial charge in [-0.05, 0) is 64.2 Å². The van der Waals surface area contributed by atoms with E-state index in [0.717, 1.165) is 38.5 Å². The van der Waals surface area contributed by atoms with Crippen molar-refractivity contribution in [3.05, 3.63) is 24.3 Å². The molecule has 0 aliphatic carbocycles. The average Bonchev–Trinajstić information content (AvgIpc) is 3.59.